The fraction of sp³-hybridized carbons (Fsp3) is 0.182. The Morgan fingerprint density at radius 1 is 0.667 bits per heavy atom. The average Bonchev–Trinajstić information content (AvgIpc) is 3.38. The van der Waals surface area contributed by atoms with Crippen LogP contribution in [0.3, 0.4) is 0 Å². The van der Waals surface area contributed by atoms with E-state index in [2.05, 4.69) is 0 Å². The number of rotatable bonds is 9. The van der Waals surface area contributed by atoms with E-state index in [9.17, 15) is 0 Å². The normalized spacial score (nSPS) is 10.9. The zero-order chi connectivity index (χ0) is 20.8. The standard InChI is InChI=1S/C22H22N4O2S2/c1-3-27-25-15-19(17-11-7-5-8-12-17)23-21(25)29-30-22-24-20(16-26(22)28-4-2)18-13-9-6-10-14-18/h5-16H,3-4H2,1-2H3. The summed E-state index contributed by atoms with van der Waals surface area (Å²) in [6.45, 7) is 5.01. The minimum atomic E-state index is 0.550. The Morgan fingerprint density at radius 2 is 1.07 bits per heavy atom. The number of benzene rings is 2. The van der Waals surface area contributed by atoms with Crippen molar-refractivity contribution in [1.82, 2.24) is 19.4 Å². The molecule has 2 aromatic carbocycles. The van der Waals surface area contributed by atoms with Crippen LogP contribution >= 0.6 is 21.6 Å². The van der Waals surface area contributed by atoms with Crippen LogP contribution in [0.15, 0.2) is 83.4 Å². The predicted octanol–water partition coefficient (Wildman–Crippen LogP) is 5.11. The van der Waals surface area contributed by atoms with Crippen molar-refractivity contribution in [3.8, 4) is 22.5 Å². The van der Waals surface area contributed by atoms with Crippen LogP contribution in [-0.4, -0.2) is 32.6 Å². The summed E-state index contributed by atoms with van der Waals surface area (Å²) >= 11 is 0. The third kappa shape index (κ3) is 4.66. The number of imidazole rings is 2. The van der Waals surface area contributed by atoms with Gasteiger partial charge in [0.15, 0.2) is 0 Å². The molecule has 0 aliphatic carbocycles. The van der Waals surface area contributed by atoms with Crippen molar-refractivity contribution in [2.24, 2.45) is 0 Å². The second-order valence-electron chi connectivity index (χ2n) is 6.20. The molecule has 0 aliphatic heterocycles. The summed E-state index contributed by atoms with van der Waals surface area (Å²) < 4.78 is 3.43. The van der Waals surface area contributed by atoms with Crippen LogP contribution in [0.25, 0.3) is 22.5 Å². The highest BCUT2D eigenvalue weighted by Gasteiger charge is 2.16. The molecule has 0 amide bonds. The van der Waals surface area contributed by atoms with Gasteiger partial charge in [-0.2, -0.15) is 9.46 Å². The topological polar surface area (TPSA) is 54.1 Å². The minimum absolute atomic E-state index is 0.550. The van der Waals surface area contributed by atoms with Gasteiger partial charge in [-0.25, -0.2) is 9.97 Å². The third-order valence-electron chi connectivity index (χ3n) is 4.15. The molecule has 8 heteroatoms. The van der Waals surface area contributed by atoms with Gasteiger partial charge >= 0.3 is 0 Å². The Bertz CT molecular complexity index is 993. The molecule has 0 radical (unpaired) electrons. The fourth-order valence-electron chi connectivity index (χ4n) is 2.84. The zero-order valence-electron chi connectivity index (χ0n) is 16.8. The summed E-state index contributed by atoms with van der Waals surface area (Å²) in [5.74, 6) is 0. The summed E-state index contributed by atoms with van der Waals surface area (Å²) in [4.78, 5) is 21.0. The highest BCUT2D eigenvalue weighted by Crippen LogP contribution is 2.38. The van der Waals surface area contributed by atoms with Crippen molar-refractivity contribution >= 4 is 21.6 Å². The van der Waals surface area contributed by atoms with Gasteiger partial charge < -0.3 is 9.68 Å². The maximum Gasteiger partial charge on any atom is 0.214 e. The summed E-state index contributed by atoms with van der Waals surface area (Å²) in [5.41, 5.74) is 3.82. The molecule has 4 aromatic rings. The van der Waals surface area contributed by atoms with Crippen molar-refractivity contribution in [3.05, 3.63) is 73.1 Å². The molecule has 0 saturated carbocycles. The molecular weight excluding hydrogens is 416 g/mol. The van der Waals surface area contributed by atoms with Crippen LogP contribution < -0.4 is 9.68 Å². The summed E-state index contributed by atoms with van der Waals surface area (Å²) in [5, 5.41) is 1.49. The largest absolute Gasteiger partial charge is 0.412 e. The quantitative estimate of drug-likeness (QED) is 0.339. The van der Waals surface area contributed by atoms with Crippen molar-refractivity contribution in [2.75, 3.05) is 13.2 Å². The smallest absolute Gasteiger partial charge is 0.214 e. The van der Waals surface area contributed by atoms with Crippen LogP contribution in [0.5, 0.6) is 0 Å². The molecule has 4 rings (SSSR count). The zero-order valence-corrected chi connectivity index (χ0v) is 18.4. The first-order valence-corrected chi connectivity index (χ1v) is 11.8. The van der Waals surface area contributed by atoms with E-state index in [1.165, 1.54) is 21.6 Å². The van der Waals surface area contributed by atoms with Crippen LogP contribution in [0.4, 0.5) is 0 Å². The summed E-state index contributed by atoms with van der Waals surface area (Å²) in [6, 6.07) is 20.1. The molecule has 2 heterocycles. The van der Waals surface area contributed by atoms with Gasteiger partial charge in [0.1, 0.15) is 13.2 Å². The molecule has 154 valence electrons. The Balaban J connectivity index is 1.58. The van der Waals surface area contributed by atoms with E-state index in [4.69, 9.17) is 19.6 Å². The lowest BCUT2D eigenvalue weighted by Gasteiger charge is -2.07. The molecule has 6 nitrogen and oxygen atoms in total. The van der Waals surface area contributed by atoms with Gasteiger partial charge in [0.2, 0.25) is 10.3 Å². The number of hydrogen-bond donors (Lipinski definition) is 0. The van der Waals surface area contributed by atoms with Crippen LogP contribution in [0.1, 0.15) is 13.8 Å². The summed E-state index contributed by atoms with van der Waals surface area (Å²) in [6.07, 6.45) is 3.82. The minimum Gasteiger partial charge on any atom is -0.412 e. The first-order chi connectivity index (χ1) is 14.8. The molecule has 0 atom stereocenters. The maximum absolute atomic E-state index is 5.74. The fourth-order valence-corrected chi connectivity index (χ4v) is 4.73. The first kappa shape index (κ1) is 20.4. The maximum atomic E-state index is 5.74. The highest BCUT2D eigenvalue weighted by molar-refractivity contribution is 8.76. The summed E-state index contributed by atoms with van der Waals surface area (Å²) in [7, 11) is 2.97. The second kappa shape index (κ2) is 9.77. The van der Waals surface area contributed by atoms with Gasteiger partial charge in [0, 0.05) is 11.1 Å². The predicted molar refractivity (Wildman–Crippen MR) is 121 cm³/mol. The van der Waals surface area contributed by atoms with E-state index in [1.54, 1.807) is 9.46 Å². The number of nitrogens with zero attached hydrogens (tertiary/aromatic N) is 4. The molecule has 0 saturated heterocycles. The Kier molecular flexibility index (Phi) is 6.66. The molecule has 0 aliphatic rings. The van der Waals surface area contributed by atoms with Crippen molar-refractivity contribution in [1.29, 1.82) is 0 Å². The SMILES string of the molecule is CCOn1cc(-c2ccccc2)nc1SSc1nc(-c2ccccc2)cn1OCC. The molecule has 2 aromatic heterocycles. The number of aromatic nitrogens is 4. The van der Waals surface area contributed by atoms with Crippen LogP contribution in [-0.2, 0) is 0 Å². The first-order valence-electron chi connectivity index (χ1n) is 9.69. The van der Waals surface area contributed by atoms with Crippen LogP contribution in [0.2, 0.25) is 0 Å². The third-order valence-corrected chi connectivity index (χ3v) is 6.22. The van der Waals surface area contributed by atoms with Crippen molar-refractivity contribution < 1.29 is 9.68 Å². The Morgan fingerprint density at radius 3 is 1.43 bits per heavy atom. The van der Waals surface area contributed by atoms with E-state index in [0.29, 0.717) is 13.2 Å². The van der Waals surface area contributed by atoms with E-state index >= 15 is 0 Å². The second-order valence-corrected chi connectivity index (χ2v) is 8.27. The molecular formula is C22H22N4O2S2. The monoisotopic (exact) mass is 438 g/mol. The van der Waals surface area contributed by atoms with Crippen molar-refractivity contribution in [2.45, 2.75) is 24.2 Å². The van der Waals surface area contributed by atoms with E-state index in [0.717, 1.165) is 32.8 Å². The van der Waals surface area contributed by atoms with Crippen LogP contribution in [0, 0.1) is 0 Å². The van der Waals surface area contributed by atoms with Gasteiger partial charge in [-0.15, -0.1) is 0 Å². The molecule has 0 unspecified atom stereocenters. The van der Waals surface area contributed by atoms with E-state index in [-0.39, 0.29) is 0 Å². The Labute approximate surface area is 183 Å². The lowest BCUT2D eigenvalue weighted by Crippen LogP contribution is -2.11. The molecule has 0 N–H and O–H groups in total. The molecule has 0 bridgehead atoms. The van der Waals surface area contributed by atoms with Gasteiger partial charge in [-0.05, 0) is 35.4 Å². The van der Waals surface area contributed by atoms with Gasteiger partial charge in [-0.3, -0.25) is 0 Å². The molecule has 0 spiro atoms. The lowest BCUT2D eigenvalue weighted by atomic mass is 10.2. The lowest BCUT2D eigenvalue weighted by molar-refractivity contribution is 0.101. The number of hydrogen-bond acceptors (Lipinski definition) is 6. The van der Waals surface area contributed by atoms with Crippen molar-refractivity contribution in [3.63, 3.8) is 0 Å². The highest BCUT2D eigenvalue weighted by atomic mass is 33.1. The Hall–Kier alpha value is -2.84. The molecule has 0 fully saturated rings. The van der Waals surface area contributed by atoms with E-state index < -0.39 is 0 Å². The van der Waals surface area contributed by atoms with E-state index in [1.807, 2.05) is 86.9 Å². The van der Waals surface area contributed by atoms with Gasteiger partial charge in [-0.1, -0.05) is 60.7 Å². The van der Waals surface area contributed by atoms with Gasteiger partial charge in [0.25, 0.3) is 0 Å². The average molecular weight is 439 g/mol. The molecule has 30 heavy (non-hydrogen) atoms. The van der Waals surface area contributed by atoms with Gasteiger partial charge in [0.05, 0.1) is 23.8 Å².